The Morgan fingerprint density at radius 2 is 1.77 bits per heavy atom. The minimum absolute atomic E-state index is 0.235. The highest BCUT2D eigenvalue weighted by atomic mass is 16.6. The van der Waals surface area contributed by atoms with Crippen LogP contribution in [0.1, 0.15) is 26.2 Å². The largest absolute Gasteiger partial charge is 0.394 e. The Labute approximate surface area is 78.1 Å². The molecule has 1 rings (SSSR count). The summed E-state index contributed by atoms with van der Waals surface area (Å²) in [5.74, 6) is 0. The smallest absolute Gasteiger partial charge is 0.111 e. The monoisotopic (exact) mass is 190 g/mol. The summed E-state index contributed by atoms with van der Waals surface area (Å²) < 4.78 is 5.29. The van der Waals surface area contributed by atoms with Gasteiger partial charge in [-0.1, -0.05) is 19.8 Å². The molecule has 0 spiro atoms. The summed E-state index contributed by atoms with van der Waals surface area (Å²) in [6, 6.07) is 0. The zero-order valence-electron chi connectivity index (χ0n) is 7.89. The molecule has 4 nitrogen and oxygen atoms in total. The Balaban J connectivity index is 2.40. The highest BCUT2D eigenvalue weighted by molar-refractivity contribution is 4.89. The average Bonchev–Trinajstić information content (AvgIpc) is 2.41. The van der Waals surface area contributed by atoms with Gasteiger partial charge in [0.2, 0.25) is 0 Å². The van der Waals surface area contributed by atoms with Crippen LogP contribution in [0.25, 0.3) is 0 Å². The van der Waals surface area contributed by atoms with Gasteiger partial charge in [0.05, 0.1) is 12.7 Å². The minimum atomic E-state index is -0.938. The molecule has 1 unspecified atom stereocenters. The quantitative estimate of drug-likeness (QED) is 0.567. The number of aliphatic hydroxyl groups is 3. The van der Waals surface area contributed by atoms with E-state index < -0.39 is 18.3 Å². The first-order valence-electron chi connectivity index (χ1n) is 4.83. The van der Waals surface area contributed by atoms with Crippen molar-refractivity contribution in [1.29, 1.82) is 0 Å². The van der Waals surface area contributed by atoms with Gasteiger partial charge in [0.25, 0.3) is 0 Å². The molecule has 1 aliphatic rings. The molecule has 1 saturated heterocycles. The molecule has 1 aliphatic heterocycles. The van der Waals surface area contributed by atoms with Crippen LogP contribution in [0.4, 0.5) is 0 Å². The molecule has 78 valence electrons. The molecule has 13 heavy (non-hydrogen) atoms. The Bertz CT molecular complexity index is 151. The SMILES string of the molecule is CCCCC1O[C@H](CO)[C@@H](O)[C@H]1O. The van der Waals surface area contributed by atoms with Crippen molar-refractivity contribution in [2.24, 2.45) is 0 Å². The molecular formula is C9H18O4. The van der Waals surface area contributed by atoms with Gasteiger partial charge >= 0.3 is 0 Å². The van der Waals surface area contributed by atoms with E-state index in [0.717, 1.165) is 19.3 Å². The fraction of sp³-hybridized carbons (Fsp3) is 1.00. The normalized spacial score (nSPS) is 39.7. The van der Waals surface area contributed by atoms with Gasteiger partial charge < -0.3 is 20.1 Å². The summed E-state index contributed by atoms with van der Waals surface area (Å²) in [6.07, 6.45) is 0.0316. The Kier molecular flexibility index (Phi) is 4.12. The predicted molar refractivity (Wildman–Crippen MR) is 47.3 cm³/mol. The number of rotatable bonds is 4. The van der Waals surface area contributed by atoms with Crippen LogP contribution in [0.5, 0.6) is 0 Å². The maximum absolute atomic E-state index is 9.50. The van der Waals surface area contributed by atoms with Gasteiger partial charge in [-0.05, 0) is 6.42 Å². The van der Waals surface area contributed by atoms with Crippen LogP contribution < -0.4 is 0 Å². The van der Waals surface area contributed by atoms with Crippen molar-refractivity contribution in [2.45, 2.75) is 50.6 Å². The van der Waals surface area contributed by atoms with Crippen LogP contribution in [0.15, 0.2) is 0 Å². The Morgan fingerprint density at radius 3 is 2.23 bits per heavy atom. The highest BCUT2D eigenvalue weighted by Gasteiger charge is 2.41. The Hall–Kier alpha value is -0.160. The van der Waals surface area contributed by atoms with Gasteiger partial charge in [-0.3, -0.25) is 0 Å². The maximum Gasteiger partial charge on any atom is 0.111 e. The van der Waals surface area contributed by atoms with E-state index in [9.17, 15) is 10.2 Å². The number of unbranched alkanes of at least 4 members (excludes halogenated alkanes) is 1. The highest BCUT2D eigenvalue weighted by Crippen LogP contribution is 2.24. The summed E-state index contributed by atoms with van der Waals surface area (Å²) in [5.41, 5.74) is 0. The van der Waals surface area contributed by atoms with Gasteiger partial charge in [-0.25, -0.2) is 0 Å². The van der Waals surface area contributed by atoms with E-state index in [2.05, 4.69) is 6.92 Å². The molecule has 0 amide bonds. The van der Waals surface area contributed by atoms with Crippen LogP contribution in [-0.2, 0) is 4.74 Å². The molecule has 0 saturated carbocycles. The minimum Gasteiger partial charge on any atom is -0.394 e. The van der Waals surface area contributed by atoms with Crippen molar-refractivity contribution in [3.8, 4) is 0 Å². The fourth-order valence-electron chi connectivity index (χ4n) is 1.62. The van der Waals surface area contributed by atoms with E-state index in [0.29, 0.717) is 0 Å². The second kappa shape index (κ2) is 4.91. The molecule has 1 heterocycles. The van der Waals surface area contributed by atoms with Crippen LogP contribution in [0.2, 0.25) is 0 Å². The molecule has 3 N–H and O–H groups in total. The van der Waals surface area contributed by atoms with E-state index in [-0.39, 0.29) is 12.7 Å². The first kappa shape index (κ1) is 10.9. The van der Waals surface area contributed by atoms with E-state index >= 15 is 0 Å². The van der Waals surface area contributed by atoms with Crippen molar-refractivity contribution in [2.75, 3.05) is 6.61 Å². The molecule has 1 fully saturated rings. The molecule has 0 aromatic heterocycles. The van der Waals surface area contributed by atoms with Gasteiger partial charge in [-0.2, -0.15) is 0 Å². The average molecular weight is 190 g/mol. The van der Waals surface area contributed by atoms with E-state index in [1.165, 1.54) is 0 Å². The van der Waals surface area contributed by atoms with Gasteiger partial charge in [0.15, 0.2) is 0 Å². The maximum atomic E-state index is 9.50. The molecule has 0 aliphatic carbocycles. The lowest BCUT2D eigenvalue weighted by atomic mass is 10.0. The lowest BCUT2D eigenvalue weighted by molar-refractivity contribution is -0.0245. The predicted octanol–water partition coefficient (Wildman–Crippen LogP) is -0.342. The standard InChI is InChI=1S/C9H18O4/c1-2-3-4-6-8(11)9(12)7(5-10)13-6/h6-12H,2-5H2,1H3/t6?,7-,8+,9-/m1/s1. The van der Waals surface area contributed by atoms with Crippen molar-refractivity contribution in [3.63, 3.8) is 0 Å². The van der Waals surface area contributed by atoms with Crippen LogP contribution >= 0.6 is 0 Å². The zero-order valence-corrected chi connectivity index (χ0v) is 7.89. The van der Waals surface area contributed by atoms with Crippen molar-refractivity contribution >= 4 is 0 Å². The number of hydrogen-bond acceptors (Lipinski definition) is 4. The summed E-state index contributed by atoms with van der Waals surface area (Å²) in [4.78, 5) is 0. The van der Waals surface area contributed by atoms with Crippen molar-refractivity contribution in [3.05, 3.63) is 0 Å². The van der Waals surface area contributed by atoms with E-state index in [1.54, 1.807) is 0 Å². The second-order valence-electron chi connectivity index (χ2n) is 3.52. The van der Waals surface area contributed by atoms with Crippen molar-refractivity contribution in [1.82, 2.24) is 0 Å². The molecule has 0 aromatic carbocycles. The van der Waals surface area contributed by atoms with Crippen LogP contribution in [-0.4, -0.2) is 46.3 Å². The number of ether oxygens (including phenoxy) is 1. The second-order valence-corrected chi connectivity index (χ2v) is 3.52. The summed E-state index contributed by atoms with van der Waals surface area (Å²) >= 11 is 0. The molecule has 4 atom stereocenters. The summed E-state index contributed by atoms with van der Waals surface area (Å²) in [6.45, 7) is 1.82. The number of hydrogen-bond donors (Lipinski definition) is 3. The third-order valence-electron chi connectivity index (χ3n) is 2.48. The van der Waals surface area contributed by atoms with Crippen LogP contribution in [0, 0.1) is 0 Å². The lowest BCUT2D eigenvalue weighted by Gasteiger charge is -2.13. The van der Waals surface area contributed by atoms with Crippen LogP contribution in [0.3, 0.4) is 0 Å². The summed E-state index contributed by atoms with van der Waals surface area (Å²) in [5, 5.41) is 27.7. The summed E-state index contributed by atoms with van der Waals surface area (Å²) in [7, 11) is 0. The molecule has 0 bridgehead atoms. The topological polar surface area (TPSA) is 69.9 Å². The molecule has 4 heteroatoms. The first-order valence-corrected chi connectivity index (χ1v) is 4.83. The van der Waals surface area contributed by atoms with E-state index in [4.69, 9.17) is 9.84 Å². The third kappa shape index (κ3) is 2.40. The molecule has 0 radical (unpaired) electrons. The van der Waals surface area contributed by atoms with Crippen molar-refractivity contribution < 1.29 is 20.1 Å². The van der Waals surface area contributed by atoms with Gasteiger partial charge in [0, 0.05) is 0 Å². The van der Waals surface area contributed by atoms with E-state index in [1.807, 2.05) is 0 Å². The van der Waals surface area contributed by atoms with Gasteiger partial charge in [-0.15, -0.1) is 0 Å². The zero-order chi connectivity index (χ0) is 9.84. The van der Waals surface area contributed by atoms with Gasteiger partial charge in [0.1, 0.15) is 18.3 Å². The first-order chi connectivity index (χ1) is 6.20. The Morgan fingerprint density at radius 1 is 1.15 bits per heavy atom. The number of aliphatic hydroxyl groups excluding tert-OH is 3. The fourth-order valence-corrected chi connectivity index (χ4v) is 1.62. The third-order valence-corrected chi connectivity index (χ3v) is 2.48. The lowest BCUT2D eigenvalue weighted by Crippen LogP contribution is -2.33. The molecule has 0 aromatic rings. The molecular weight excluding hydrogens is 172 g/mol.